The average Bonchev–Trinajstić information content (AvgIpc) is 3.10. The van der Waals surface area contributed by atoms with Gasteiger partial charge in [-0.2, -0.15) is 5.10 Å². The number of nitrogens with two attached hydrogens (primary N) is 1. The minimum Gasteiger partial charge on any atom is -0.375 e. The number of hydrogen-bond donors (Lipinski definition) is 3. The molecule has 1 aliphatic rings. The van der Waals surface area contributed by atoms with Crippen molar-refractivity contribution >= 4 is 23.8 Å². The Balaban J connectivity index is 2.00. The first-order valence-electron chi connectivity index (χ1n) is 7.26. The second kappa shape index (κ2) is 4.84. The quantitative estimate of drug-likeness (QED) is 0.475. The van der Waals surface area contributed by atoms with Crippen molar-refractivity contribution < 1.29 is 9.79 Å². The predicted octanol–water partition coefficient (Wildman–Crippen LogP) is 0.487. The van der Waals surface area contributed by atoms with Crippen LogP contribution in [0.5, 0.6) is 0 Å². The molecule has 6 nitrogen and oxygen atoms in total. The second-order valence-corrected chi connectivity index (χ2v) is 5.66. The Morgan fingerprint density at radius 1 is 1.30 bits per heavy atom. The van der Waals surface area contributed by atoms with Gasteiger partial charge in [0.05, 0.1) is 10.7 Å². The summed E-state index contributed by atoms with van der Waals surface area (Å²) in [5, 5.41) is 24.3. The lowest BCUT2D eigenvalue weighted by atomic mass is 10.00. The molecule has 4 rings (SSSR count). The smallest absolute Gasteiger partial charge is 0.211 e. The highest BCUT2D eigenvalue weighted by Gasteiger charge is 2.16. The highest BCUT2D eigenvalue weighted by atomic mass is 16.3. The summed E-state index contributed by atoms with van der Waals surface area (Å²) in [5.74, 6) is 0. The molecule has 6 heteroatoms. The molecule has 0 bridgehead atoms. The maximum atomic E-state index is 9.61. The maximum absolute atomic E-state index is 9.61. The van der Waals surface area contributed by atoms with Gasteiger partial charge in [-0.05, 0) is 36.2 Å². The molecule has 1 aromatic heterocycles. The number of fused-ring (bicyclic) bond motifs is 2. The van der Waals surface area contributed by atoms with Gasteiger partial charge in [-0.15, -0.1) is 0 Å². The summed E-state index contributed by atoms with van der Waals surface area (Å²) in [5.41, 5.74) is 10.1. The standard InChI is InChI=1S/C17H16N5O/c1-9-11(4-6-15-13(9)8-22(2)21-15)16-12-7-10(17(18)23)3-5-14(12)19-20-16/h3-8,17,23H,2,18H2,1H3,(H,19,20)/q+1. The summed E-state index contributed by atoms with van der Waals surface area (Å²) in [7, 11) is 0. The molecule has 3 aromatic rings. The number of H-pyrrole nitrogens is 1. The molecule has 1 atom stereocenters. The van der Waals surface area contributed by atoms with Crippen LogP contribution in [0.25, 0.3) is 28.4 Å². The third kappa shape index (κ3) is 2.08. The summed E-state index contributed by atoms with van der Waals surface area (Å²) in [6, 6.07) is 9.50. The first-order valence-corrected chi connectivity index (χ1v) is 7.26. The fourth-order valence-electron chi connectivity index (χ4n) is 2.96. The van der Waals surface area contributed by atoms with Crippen LogP contribution < -0.4 is 16.3 Å². The van der Waals surface area contributed by atoms with Gasteiger partial charge in [0.1, 0.15) is 17.3 Å². The van der Waals surface area contributed by atoms with E-state index in [0.29, 0.717) is 5.56 Å². The molecule has 1 aliphatic heterocycles. The number of aliphatic hydroxyl groups excluding tert-OH is 1. The number of rotatable bonds is 2. The number of aliphatic hydroxyl groups is 1. The van der Waals surface area contributed by atoms with Crippen LogP contribution in [0.4, 0.5) is 0 Å². The first kappa shape index (κ1) is 13.8. The van der Waals surface area contributed by atoms with Crippen molar-refractivity contribution in [3.63, 3.8) is 0 Å². The van der Waals surface area contributed by atoms with E-state index in [1.54, 1.807) is 10.8 Å². The Morgan fingerprint density at radius 2 is 2.13 bits per heavy atom. The number of aromatic amines is 1. The van der Waals surface area contributed by atoms with E-state index in [-0.39, 0.29) is 0 Å². The Bertz CT molecular complexity index is 1080. The van der Waals surface area contributed by atoms with Crippen molar-refractivity contribution in [3.05, 3.63) is 52.0 Å². The van der Waals surface area contributed by atoms with E-state index >= 15 is 0 Å². The van der Waals surface area contributed by atoms with E-state index in [2.05, 4.69) is 22.0 Å². The van der Waals surface area contributed by atoms with Crippen LogP contribution in [0.1, 0.15) is 17.4 Å². The summed E-state index contributed by atoms with van der Waals surface area (Å²) in [6.45, 7) is 5.86. The molecule has 0 radical (unpaired) electrons. The molecule has 4 N–H and O–H groups in total. The maximum Gasteiger partial charge on any atom is 0.211 e. The third-order valence-electron chi connectivity index (χ3n) is 4.19. The molecular weight excluding hydrogens is 290 g/mol. The lowest BCUT2D eigenvalue weighted by molar-refractivity contribution is -0.417. The van der Waals surface area contributed by atoms with Gasteiger partial charge >= 0.3 is 0 Å². The molecule has 0 fully saturated rings. The zero-order valence-corrected chi connectivity index (χ0v) is 12.6. The van der Waals surface area contributed by atoms with Crippen molar-refractivity contribution in [2.45, 2.75) is 13.2 Å². The van der Waals surface area contributed by atoms with E-state index in [9.17, 15) is 5.11 Å². The van der Waals surface area contributed by atoms with E-state index in [1.807, 2.05) is 37.4 Å². The number of aromatic nitrogens is 2. The number of benzene rings is 2. The third-order valence-corrected chi connectivity index (χ3v) is 4.19. The molecule has 2 aromatic carbocycles. The summed E-state index contributed by atoms with van der Waals surface area (Å²) >= 11 is 0. The predicted molar refractivity (Wildman–Crippen MR) is 88.0 cm³/mol. The number of nitrogens with zero attached hydrogens (tertiary/aromatic N) is 3. The summed E-state index contributed by atoms with van der Waals surface area (Å²) in [6.07, 6.45) is 0.896. The van der Waals surface area contributed by atoms with Gasteiger partial charge in [0, 0.05) is 16.1 Å². The molecule has 23 heavy (non-hydrogen) atoms. The van der Waals surface area contributed by atoms with Gasteiger partial charge in [0.15, 0.2) is 6.72 Å². The van der Waals surface area contributed by atoms with Crippen LogP contribution in [0.2, 0.25) is 0 Å². The molecule has 0 saturated carbocycles. The average molecular weight is 306 g/mol. The zero-order valence-electron chi connectivity index (χ0n) is 12.6. The van der Waals surface area contributed by atoms with Crippen molar-refractivity contribution in [2.24, 2.45) is 10.8 Å². The van der Waals surface area contributed by atoms with Crippen LogP contribution in [0.3, 0.4) is 0 Å². The Labute approximate surface area is 131 Å². The topological polar surface area (TPSA) is 90.3 Å². The number of nitrogens with one attached hydrogen (secondary N) is 1. The normalized spacial score (nSPS) is 14.5. The fourth-order valence-corrected chi connectivity index (χ4v) is 2.96. The van der Waals surface area contributed by atoms with Crippen LogP contribution in [0.15, 0.2) is 35.4 Å². The van der Waals surface area contributed by atoms with Gasteiger partial charge in [0.2, 0.25) is 6.20 Å². The Kier molecular flexibility index (Phi) is 2.90. The van der Waals surface area contributed by atoms with Crippen molar-refractivity contribution in [3.8, 4) is 11.3 Å². The molecule has 0 aliphatic carbocycles. The molecule has 0 amide bonds. The highest BCUT2D eigenvalue weighted by molar-refractivity contribution is 5.94. The second-order valence-electron chi connectivity index (χ2n) is 5.66. The summed E-state index contributed by atoms with van der Waals surface area (Å²) < 4.78 is 1.56. The SMILES string of the molecule is C=[N+]1C=c2c(C)c(-c3n[nH]c4ccc(C(N)O)cc34)ccc2=N1. The van der Waals surface area contributed by atoms with E-state index < -0.39 is 6.23 Å². The largest absolute Gasteiger partial charge is 0.375 e. The monoisotopic (exact) mass is 306 g/mol. The lowest BCUT2D eigenvalue weighted by Gasteiger charge is -2.06. The van der Waals surface area contributed by atoms with Gasteiger partial charge in [0.25, 0.3) is 0 Å². The Hall–Kier alpha value is -2.83. The van der Waals surface area contributed by atoms with Crippen molar-refractivity contribution in [1.29, 1.82) is 0 Å². The van der Waals surface area contributed by atoms with Crippen LogP contribution in [0, 0.1) is 6.92 Å². The Morgan fingerprint density at radius 3 is 2.91 bits per heavy atom. The fraction of sp³-hybridized carbons (Fsp3) is 0.118. The van der Waals surface area contributed by atoms with E-state index in [4.69, 9.17) is 5.73 Å². The molecular formula is C17H16N5O+. The van der Waals surface area contributed by atoms with Crippen LogP contribution in [-0.4, -0.2) is 26.7 Å². The minimum absolute atomic E-state index is 0.657. The number of hydrogen-bond acceptors (Lipinski definition) is 4. The van der Waals surface area contributed by atoms with Crippen molar-refractivity contribution in [1.82, 2.24) is 10.2 Å². The lowest BCUT2D eigenvalue weighted by Crippen LogP contribution is -2.24. The minimum atomic E-state index is -1.00. The molecule has 2 heterocycles. The molecule has 0 saturated heterocycles. The van der Waals surface area contributed by atoms with E-state index in [0.717, 1.165) is 38.3 Å². The van der Waals surface area contributed by atoms with Gasteiger partial charge in [-0.25, -0.2) is 0 Å². The van der Waals surface area contributed by atoms with Gasteiger partial charge in [-0.3, -0.25) is 5.10 Å². The van der Waals surface area contributed by atoms with Gasteiger partial charge in [-0.1, -0.05) is 16.8 Å². The van der Waals surface area contributed by atoms with Crippen molar-refractivity contribution in [2.75, 3.05) is 0 Å². The van der Waals surface area contributed by atoms with E-state index in [1.165, 1.54) is 0 Å². The highest BCUT2D eigenvalue weighted by Crippen LogP contribution is 2.28. The van der Waals surface area contributed by atoms with Gasteiger partial charge < -0.3 is 10.8 Å². The molecule has 114 valence electrons. The van der Waals surface area contributed by atoms with Crippen LogP contribution >= 0.6 is 0 Å². The summed E-state index contributed by atoms with van der Waals surface area (Å²) in [4.78, 5) is 0. The first-order chi connectivity index (χ1) is 11.0. The zero-order chi connectivity index (χ0) is 16.1. The molecule has 0 spiro atoms. The molecule has 1 unspecified atom stereocenters. The van der Waals surface area contributed by atoms with Crippen LogP contribution in [-0.2, 0) is 0 Å².